The molecule has 0 aliphatic carbocycles. The van der Waals surface area contributed by atoms with Crippen molar-refractivity contribution in [1.29, 1.82) is 0 Å². The maximum atomic E-state index is 12.6. The summed E-state index contributed by atoms with van der Waals surface area (Å²) < 4.78 is 23.1. The smallest absolute Gasteiger partial charge is 0.336 e. The number of rotatable bonds is 8. The normalized spacial score (nSPS) is 39.2. The van der Waals surface area contributed by atoms with Crippen LogP contribution in [-0.4, -0.2) is 247 Å². The molecule has 0 aromatic rings. The van der Waals surface area contributed by atoms with Crippen molar-refractivity contribution in [2.45, 2.75) is 195 Å². The van der Waals surface area contributed by atoms with Gasteiger partial charge in [0.25, 0.3) is 0 Å². The third kappa shape index (κ3) is 26.3. The Balaban J connectivity index is 0.00000196. The van der Waals surface area contributed by atoms with Gasteiger partial charge in [-0.2, -0.15) is 0 Å². The molecular weight excluding hydrogens is 1070 g/mol. The monoisotopic (exact) mass is 1160 g/mol. The van der Waals surface area contributed by atoms with Crippen molar-refractivity contribution < 1.29 is 120 Å². The number of esters is 1. The van der Waals surface area contributed by atoms with E-state index in [0.29, 0.717) is 0 Å². The van der Waals surface area contributed by atoms with Crippen LogP contribution < -0.4 is 5.73 Å². The van der Waals surface area contributed by atoms with Crippen LogP contribution in [0, 0.1) is 17.8 Å². The second-order valence-electron chi connectivity index (χ2n) is 20.0. The Morgan fingerprint density at radius 1 is 0.646 bits per heavy atom. The Bertz CT molecular complexity index is 2100. The molecule has 2 radical (unpaired) electrons. The molecule has 79 heavy (non-hydrogen) atoms. The van der Waals surface area contributed by atoms with E-state index in [0.717, 1.165) is 0 Å². The molecule has 26 heteroatoms. The second-order valence-corrected chi connectivity index (χ2v) is 20.0. The summed E-state index contributed by atoms with van der Waals surface area (Å²) in [7, 11) is 0. The summed E-state index contributed by atoms with van der Waals surface area (Å²) >= 11 is 0. The van der Waals surface area contributed by atoms with Crippen molar-refractivity contribution in [1.82, 2.24) is 0 Å². The van der Waals surface area contributed by atoms with Crippen LogP contribution in [0.1, 0.15) is 91.9 Å². The number of carbonyl (C=O) groups is 5. The number of carbonyl (C=O) groups excluding carboxylic acids is 1. The van der Waals surface area contributed by atoms with Gasteiger partial charge in [0.1, 0.15) is 18.1 Å². The Labute approximate surface area is 488 Å². The van der Waals surface area contributed by atoms with Gasteiger partial charge in [0.2, 0.25) is 0 Å². The summed E-state index contributed by atoms with van der Waals surface area (Å²) in [6.45, 7) is 6.74. The van der Waals surface area contributed by atoms with Crippen LogP contribution in [0.15, 0.2) is 85.1 Å². The summed E-state index contributed by atoms with van der Waals surface area (Å²) in [5, 5.41) is 152. The molecule has 17 N–H and O–H groups in total. The predicted molar refractivity (Wildman–Crippen MR) is 280 cm³/mol. The number of ether oxygens (including phenoxy) is 4. The van der Waals surface area contributed by atoms with Crippen LogP contribution in [0.2, 0.25) is 0 Å². The van der Waals surface area contributed by atoms with Crippen molar-refractivity contribution in [2.24, 2.45) is 23.5 Å². The molecule has 3 aliphatic heterocycles. The van der Waals surface area contributed by atoms with Crippen molar-refractivity contribution in [2.75, 3.05) is 0 Å². The Morgan fingerprint density at radius 2 is 1.16 bits per heavy atom. The van der Waals surface area contributed by atoms with Gasteiger partial charge in [0, 0.05) is 75.3 Å². The number of aliphatic carboxylic acids is 4. The quantitative estimate of drug-likeness (QED) is 0.103. The molecule has 3 aliphatic rings. The first-order valence-corrected chi connectivity index (χ1v) is 25.5. The van der Waals surface area contributed by atoms with Crippen LogP contribution in [-0.2, 0) is 42.9 Å². The molecule has 3 heterocycles. The molecule has 0 unspecified atom stereocenters. The zero-order chi connectivity index (χ0) is 59.1. The average Bonchev–Trinajstić information content (AvgIpc) is 3.32. The van der Waals surface area contributed by atoms with Gasteiger partial charge in [-0.3, -0.25) is 19.2 Å². The van der Waals surface area contributed by atoms with E-state index < -0.39 is 183 Å². The van der Waals surface area contributed by atoms with E-state index in [-0.39, 0.29) is 69.3 Å². The predicted octanol–water partition coefficient (Wildman–Crippen LogP) is -0.918. The Kier molecular flexibility index (Phi) is 33.3. The summed E-state index contributed by atoms with van der Waals surface area (Å²) in [6, 6.07) is -1.15. The van der Waals surface area contributed by atoms with Gasteiger partial charge in [0.05, 0.1) is 92.4 Å². The van der Waals surface area contributed by atoms with E-state index >= 15 is 0 Å². The topological polar surface area (TPSA) is 452 Å². The minimum absolute atomic E-state index is 0. The van der Waals surface area contributed by atoms with Crippen molar-refractivity contribution >= 4 is 67.6 Å². The minimum atomic E-state index is -2.74. The number of nitrogens with two attached hydrogens (primary N) is 1. The first-order chi connectivity index (χ1) is 36.4. The molecule has 0 spiro atoms. The number of cyclic esters (lactones) is 1. The van der Waals surface area contributed by atoms with E-state index in [9.17, 15) is 80.1 Å². The summed E-state index contributed by atoms with van der Waals surface area (Å²) in [6.07, 6.45) is 1.17. The van der Waals surface area contributed by atoms with E-state index in [1.807, 2.05) is 19.1 Å². The maximum absolute atomic E-state index is 12.6. The first-order valence-electron chi connectivity index (χ1n) is 25.5. The summed E-state index contributed by atoms with van der Waals surface area (Å²) in [5.74, 6) is -11.8. The van der Waals surface area contributed by atoms with Crippen molar-refractivity contribution in [3.05, 3.63) is 85.1 Å². The van der Waals surface area contributed by atoms with Gasteiger partial charge >= 0.3 is 29.8 Å². The van der Waals surface area contributed by atoms with Gasteiger partial charge in [-0.25, -0.2) is 4.79 Å². The number of carboxylic acids is 4. The molecule has 2 saturated heterocycles. The Hall–Kier alpha value is -3.81. The van der Waals surface area contributed by atoms with Gasteiger partial charge < -0.3 is 101 Å². The van der Waals surface area contributed by atoms with Crippen LogP contribution in [0.4, 0.5) is 0 Å². The summed E-state index contributed by atoms with van der Waals surface area (Å²) in [5.41, 5.74) is 3.28. The largest absolute Gasteiger partial charge is 0.481 e. The molecular formula is C53H81CaNO24. The number of allylic oxidation sites excluding steroid dienone is 12. The number of aliphatic hydroxyl groups is 11. The van der Waals surface area contributed by atoms with Crippen LogP contribution in [0.5, 0.6) is 0 Å². The zero-order valence-electron chi connectivity index (χ0n) is 44.7. The van der Waals surface area contributed by atoms with E-state index in [2.05, 4.69) is 0 Å². The standard InChI is InChI=1S/C47H73NO17.C6H8O7.Ca/c1-27-17-15-13-11-9-7-5-6-8-10-12-14-16-18-34(64-46-44(58)41(48)43(57)30(4)63-46)24-38-40(45(59)60)37(54)26-47(61,65-38)25-33(51)22-36(53)35(52)20-19-31(49)21-32(50)23-39(55)62-29(3)28(2)42(27)56;7-3(8)1-6(13,5(11)12)2-4(9)10;/h5-18,27-38,40-44,46,49-54,56-58,61H,19-26,48H2,1-4H3,(H,59,60);13H,1-2H2,(H,7,8)(H,9,10)(H,11,12);/b6-5+,9-7+,10-8+,13-11+,14-12+,17-15+,18-16+;;/t27-,28-,29-,30+,31+,32+,33-,34-,35+,36+,37-,38-,40+,41-,42+,43+,44-,46-,47+;;/m0../s1. The molecule has 0 saturated carbocycles. The van der Waals surface area contributed by atoms with Crippen LogP contribution >= 0.6 is 0 Å². The van der Waals surface area contributed by atoms with Crippen LogP contribution in [0.25, 0.3) is 0 Å². The third-order valence-corrected chi connectivity index (χ3v) is 13.3. The number of hydrogen-bond acceptors (Lipinski definition) is 21. The van der Waals surface area contributed by atoms with Crippen molar-refractivity contribution in [3.63, 3.8) is 0 Å². The van der Waals surface area contributed by atoms with E-state index in [1.54, 1.807) is 80.7 Å². The number of hydrogen-bond donors (Lipinski definition) is 16. The molecule has 3 rings (SSSR count). The summed E-state index contributed by atoms with van der Waals surface area (Å²) in [4.78, 5) is 55.6. The average molecular weight is 1160 g/mol. The molecule has 2 fully saturated rings. The first kappa shape index (κ1) is 73.2. The molecule has 2 bridgehead atoms. The second kappa shape index (κ2) is 35.9. The van der Waals surface area contributed by atoms with Gasteiger partial charge in [-0.05, 0) is 33.1 Å². The van der Waals surface area contributed by atoms with E-state index in [4.69, 9.17) is 45.1 Å². The maximum Gasteiger partial charge on any atom is 0.336 e. The molecule has 0 amide bonds. The van der Waals surface area contributed by atoms with Crippen molar-refractivity contribution in [3.8, 4) is 0 Å². The van der Waals surface area contributed by atoms with E-state index in [1.165, 1.54) is 13.0 Å². The molecule has 25 nitrogen and oxygen atoms in total. The molecule has 444 valence electrons. The molecule has 19 atom stereocenters. The Morgan fingerprint density at radius 3 is 1.67 bits per heavy atom. The minimum Gasteiger partial charge on any atom is -0.481 e. The fourth-order valence-corrected chi connectivity index (χ4v) is 8.68. The van der Waals surface area contributed by atoms with Crippen LogP contribution in [0.3, 0.4) is 0 Å². The number of carboxylic acid groups (broad SMARTS) is 4. The third-order valence-electron chi connectivity index (χ3n) is 13.3. The zero-order valence-corrected chi connectivity index (χ0v) is 46.9. The molecule has 0 aromatic heterocycles. The number of aliphatic hydroxyl groups excluding tert-OH is 9. The van der Waals surface area contributed by atoms with Gasteiger partial charge in [-0.15, -0.1) is 0 Å². The van der Waals surface area contributed by atoms with Gasteiger partial charge in [-0.1, -0.05) is 98.9 Å². The fourth-order valence-electron chi connectivity index (χ4n) is 8.68. The SMILES string of the molecule is C[C@@H]1[C@H](O)[C@@H](C)/C=C/C=C/C=C/C=C/C=C/C=C/C=C/[C@H](O[C@@H]2O[C@H](C)[C@@H](O)[C@H](N)[C@@H]2O)C[C@@H]2O[C@](O)(C[C@@H](O)C[C@@H](O)[C@H](O)CC[C@@H](O)C[C@@H](O)CC(=O)O[C@H]1C)C[C@H](O)[C@H]2C(=O)O.O=C(O)CC(O)(CC(=O)O)C(=O)O.[Ca]. The fraction of sp³-hybridized carbons (Fsp3) is 0.642. The molecule has 0 aromatic carbocycles. The number of fused-ring (bicyclic) bond motifs is 2. The van der Waals surface area contributed by atoms with Gasteiger partial charge in [0.15, 0.2) is 17.7 Å².